The first-order chi connectivity index (χ1) is 7.70. The van der Waals surface area contributed by atoms with Crippen LogP contribution in [0.25, 0.3) is 0 Å². The quantitative estimate of drug-likeness (QED) is 0.714. The van der Waals surface area contributed by atoms with Crippen molar-refractivity contribution in [3.05, 3.63) is 23.9 Å². The van der Waals surface area contributed by atoms with E-state index in [0.717, 1.165) is 31.1 Å². The van der Waals surface area contributed by atoms with Gasteiger partial charge in [0.2, 0.25) is 0 Å². The molecule has 3 nitrogen and oxygen atoms in total. The van der Waals surface area contributed by atoms with E-state index in [1.807, 2.05) is 12.1 Å². The van der Waals surface area contributed by atoms with E-state index in [2.05, 4.69) is 23.7 Å². The molecule has 1 fully saturated rings. The third-order valence-corrected chi connectivity index (χ3v) is 3.56. The summed E-state index contributed by atoms with van der Waals surface area (Å²) in [4.78, 5) is 17.2. The standard InChI is InChI=1S/C13H18N2O/c1-10-5-6-15(8-11(10)2)13-4-3-12(9-16)7-14-13/h3-4,7,9-11H,5-6,8H2,1-2H3. The van der Waals surface area contributed by atoms with Crippen molar-refractivity contribution in [3.63, 3.8) is 0 Å². The monoisotopic (exact) mass is 218 g/mol. The van der Waals surface area contributed by atoms with Gasteiger partial charge in [-0.15, -0.1) is 0 Å². The molecule has 0 saturated carbocycles. The molecule has 3 heteroatoms. The molecule has 0 N–H and O–H groups in total. The van der Waals surface area contributed by atoms with Crippen molar-refractivity contribution < 1.29 is 4.79 Å². The van der Waals surface area contributed by atoms with Crippen molar-refractivity contribution in [2.75, 3.05) is 18.0 Å². The molecule has 1 aromatic rings. The summed E-state index contributed by atoms with van der Waals surface area (Å²) in [6, 6.07) is 3.77. The molecular formula is C13H18N2O. The minimum atomic E-state index is 0.641. The topological polar surface area (TPSA) is 33.2 Å². The average Bonchev–Trinajstić information content (AvgIpc) is 2.33. The summed E-state index contributed by atoms with van der Waals surface area (Å²) < 4.78 is 0. The highest BCUT2D eigenvalue weighted by Gasteiger charge is 2.23. The van der Waals surface area contributed by atoms with Crippen molar-refractivity contribution in [3.8, 4) is 0 Å². The molecule has 2 atom stereocenters. The van der Waals surface area contributed by atoms with E-state index >= 15 is 0 Å². The third kappa shape index (κ3) is 2.23. The second-order valence-electron chi connectivity index (χ2n) is 4.76. The number of pyridine rings is 1. The summed E-state index contributed by atoms with van der Waals surface area (Å²) >= 11 is 0. The fourth-order valence-electron chi connectivity index (χ4n) is 2.13. The second kappa shape index (κ2) is 4.64. The number of aldehydes is 1. The Morgan fingerprint density at radius 3 is 2.75 bits per heavy atom. The lowest BCUT2D eigenvalue weighted by atomic mass is 9.89. The van der Waals surface area contributed by atoms with Crippen LogP contribution in [0.2, 0.25) is 0 Å². The molecule has 2 heterocycles. The Morgan fingerprint density at radius 2 is 2.19 bits per heavy atom. The molecule has 1 saturated heterocycles. The molecule has 0 amide bonds. The van der Waals surface area contributed by atoms with Crippen molar-refractivity contribution >= 4 is 12.1 Å². The number of piperidine rings is 1. The molecule has 2 unspecified atom stereocenters. The van der Waals surface area contributed by atoms with Gasteiger partial charge in [0.25, 0.3) is 0 Å². The van der Waals surface area contributed by atoms with E-state index in [9.17, 15) is 4.79 Å². The Hall–Kier alpha value is -1.38. The summed E-state index contributed by atoms with van der Waals surface area (Å²) in [7, 11) is 0. The van der Waals surface area contributed by atoms with Gasteiger partial charge >= 0.3 is 0 Å². The number of hydrogen-bond donors (Lipinski definition) is 0. The van der Waals surface area contributed by atoms with Gasteiger partial charge in [0.05, 0.1) is 0 Å². The van der Waals surface area contributed by atoms with Gasteiger partial charge in [-0.3, -0.25) is 4.79 Å². The van der Waals surface area contributed by atoms with Gasteiger partial charge in [-0.1, -0.05) is 13.8 Å². The van der Waals surface area contributed by atoms with E-state index in [1.165, 1.54) is 6.42 Å². The molecular weight excluding hydrogens is 200 g/mol. The van der Waals surface area contributed by atoms with Gasteiger partial charge in [-0.25, -0.2) is 4.98 Å². The van der Waals surface area contributed by atoms with Gasteiger partial charge in [0.15, 0.2) is 6.29 Å². The fraction of sp³-hybridized carbons (Fsp3) is 0.538. The first kappa shape index (κ1) is 11.1. The molecule has 2 rings (SSSR count). The largest absolute Gasteiger partial charge is 0.356 e. The van der Waals surface area contributed by atoms with Gasteiger partial charge in [-0.05, 0) is 30.4 Å². The van der Waals surface area contributed by atoms with Crippen molar-refractivity contribution in [2.45, 2.75) is 20.3 Å². The number of rotatable bonds is 2. The van der Waals surface area contributed by atoms with Crippen LogP contribution in [-0.4, -0.2) is 24.4 Å². The highest BCUT2D eigenvalue weighted by atomic mass is 16.1. The second-order valence-corrected chi connectivity index (χ2v) is 4.76. The zero-order valence-electron chi connectivity index (χ0n) is 9.89. The van der Waals surface area contributed by atoms with E-state index in [4.69, 9.17) is 0 Å². The van der Waals surface area contributed by atoms with Crippen molar-refractivity contribution in [2.24, 2.45) is 11.8 Å². The average molecular weight is 218 g/mol. The lowest BCUT2D eigenvalue weighted by Crippen LogP contribution is -2.38. The molecule has 0 aromatic carbocycles. The van der Waals surface area contributed by atoms with Crippen LogP contribution in [0.4, 0.5) is 5.82 Å². The molecule has 0 spiro atoms. The maximum absolute atomic E-state index is 10.5. The summed E-state index contributed by atoms with van der Waals surface area (Å²) in [5.41, 5.74) is 0.641. The Morgan fingerprint density at radius 1 is 1.38 bits per heavy atom. The highest BCUT2D eigenvalue weighted by molar-refractivity contribution is 5.74. The molecule has 1 aliphatic heterocycles. The number of anilines is 1. The molecule has 16 heavy (non-hydrogen) atoms. The molecule has 1 aromatic heterocycles. The molecule has 0 radical (unpaired) electrons. The molecule has 86 valence electrons. The minimum Gasteiger partial charge on any atom is -0.356 e. The third-order valence-electron chi connectivity index (χ3n) is 3.56. The van der Waals surface area contributed by atoms with Crippen LogP contribution in [0.3, 0.4) is 0 Å². The van der Waals surface area contributed by atoms with Gasteiger partial charge in [0.1, 0.15) is 5.82 Å². The lowest BCUT2D eigenvalue weighted by molar-refractivity contribution is 0.112. The van der Waals surface area contributed by atoms with Crippen LogP contribution in [0.15, 0.2) is 18.3 Å². The van der Waals surface area contributed by atoms with Crippen LogP contribution in [0.5, 0.6) is 0 Å². The van der Waals surface area contributed by atoms with Crippen LogP contribution >= 0.6 is 0 Å². The van der Waals surface area contributed by atoms with Crippen molar-refractivity contribution in [1.82, 2.24) is 4.98 Å². The zero-order chi connectivity index (χ0) is 11.5. The number of carbonyl (C=O) groups is 1. The molecule has 0 bridgehead atoms. The smallest absolute Gasteiger partial charge is 0.151 e. The predicted molar refractivity (Wildman–Crippen MR) is 64.8 cm³/mol. The SMILES string of the molecule is CC1CCN(c2ccc(C=O)cn2)CC1C. The van der Waals surface area contributed by atoms with Crippen LogP contribution in [-0.2, 0) is 0 Å². The zero-order valence-corrected chi connectivity index (χ0v) is 9.89. The lowest BCUT2D eigenvalue weighted by Gasteiger charge is -2.36. The first-order valence-electron chi connectivity index (χ1n) is 5.87. The number of aromatic nitrogens is 1. The number of hydrogen-bond acceptors (Lipinski definition) is 3. The summed E-state index contributed by atoms with van der Waals surface area (Å²) in [6.07, 6.45) is 3.70. The summed E-state index contributed by atoms with van der Waals surface area (Å²) in [5.74, 6) is 2.50. The fourth-order valence-corrected chi connectivity index (χ4v) is 2.13. The van der Waals surface area contributed by atoms with Gasteiger partial charge in [0, 0.05) is 24.8 Å². The van der Waals surface area contributed by atoms with Gasteiger partial charge in [-0.2, -0.15) is 0 Å². The normalized spacial score (nSPS) is 25.5. The highest BCUT2D eigenvalue weighted by Crippen LogP contribution is 2.25. The Balaban J connectivity index is 2.09. The Labute approximate surface area is 96.5 Å². The van der Waals surface area contributed by atoms with Crippen LogP contribution < -0.4 is 4.90 Å². The maximum atomic E-state index is 10.5. The van der Waals surface area contributed by atoms with E-state index in [0.29, 0.717) is 11.5 Å². The van der Waals surface area contributed by atoms with Crippen LogP contribution in [0.1, 0.15) is 30.6 Å². The first-order valence-corrected chi connectivity index (χ1v) is 5.87. The molecule has 0 aliphatic carbocycles. The summed E-state index contributed by atoms with van der Waals surface area (Å²) in [5, 5.41) is 0. The number of carbonyl (C=O) groups excluding carboxylic acids is 1. The summed E-state index contributed by atoms with van der Waals surface area (Å²) in [6.45, 7) is 6.73. The van der Waals surface area contributed by atoms with E-state index in [-0.39, 0.29) is 0 Å². The van der Waals surface area contributed by atoms with Gasteiger partial charge < -0.3 is 4.90 Å². The molecule has 1 aliphatic rings. The van der Waals surface area contributed by atoms with E-state index < -0.39 is 0 Å². The van der Waals surface area contributed by atoms with Crippen molar-refractivity contribution in [1.29, 1.82) is 0 Å². The van der Waals surface area contributed by atoms with E-state index in [1.54, 1.807) is 6.20 Å². The predicted octanol–water partition coefficient (Wildman–Crippen LogP) is 2.38. The maximum Gasteiger partial charge on any atom is 0.151 e. The Bertz CT molecular complexity index is 361. The number of nitrogens with zero attached hydrogens (tertiary/aromatic N) is 2. The Kier molecular flexibility index (Phi) is 3.22. The van der Waals surface area contributed by atoms with Crippen LogP contribution in [0, 0.1) is 11.8 Å². The minimum absolute atomic E-state index is 0.641.